The number of likely N-dealkylation sites (tertiary alicyclic amines) is 1. The Hall–Kier alpha value is -2.28. The van der Waals surface area contributed by atoms with Crippen LogP contribution in [0.3, 0.4) is 0 Å². The molecule has 1 aliphatic rings. The summed E-state index contributed by atoms with van der Waals surface area (Å²) in [5.41, 5.74) is 6.21. The van der Waals surface area contributed by atoms with Gasteiger partial charge in [-0.25, -0.2) is 0 Å². The zero-order chi connectivity index (χ0) is 16.8. The number of amides is 2. The van der Waals surface area contributed by atoms with Gasteiger partial charge in [-0.2, -0.15) is 0 Å². The quantitative estimate of drug-likeness (QED) is 0.744. The monoisotopic (exact) mass is 321 g/mol. The van der Waals surface area contributed by atoms with E-state index < -0.39 is 0 Å². The van der Waals surface area contributed by atoms with Crippen molar-refractivity contribution in [1.82, 2.24) is 10.2 Å². The van der Waals surface area contributed by atoms with Crippen molar-refractivity contribution in [3.05, 3.63) is 23.8 Å². The molecule has 1 heterocycles. The predicted molar refractivity (Wildman–Crippen MR) is 85.1 cm³/mol. The third-order valence-electron chi connectivity index (χ3n) is 3.98. The number of hydrogen-bond acceptors (Lipinski definition) is 5. The van der Waals surface area contributed by atoms with Gasteiger partial charge in [0.25, 0.3) is 0 Å². The summed E-state index contributed by atoms with van der Waals surface area (Å²) in [6, 6.07) is 5.51. The Balaban J connectivity index is 1.82. The number of nitrogens with one attached hydrogen (secondary N) is 1. The Kier molecular flexibility index (Phi) is 5.81. The molecule has 7 nitrogen and oxygen atoms in total. The van der Waals surface area contributed by atoms with Gasteiger partial charge in [0.05, 0.1) is 26.7 Å². The standard InChI is InChI=1S/C16H23N3O4/c1-22-13-4-3-11(7-14(13)23-2)8-18-15(20)10-19-6-5-12(9-19)16(17)21/h3-4,7,12H,5-6,8-10H2,1-2H3,(H2,17,21)(H,18,20). The zero-order valence-corrected chi connectivity index (χ0v) is 13.5. The molecule has 0 aromatic heterocycles. The summed E-state index contributed by atoms with van der Waals surface area (Å²) in [6.45, 7) is 1.96. The van der Waals surface area contributed by atoms with Crippen LogP contribution in [0.2, 0.25) is 0 Å². The van der Waals surface area contributed by atoms with Crippen LogP contribution in [0.25, 0.3) is 0 Å². The molecule has 2 rings (SSSR count). The number of carbonyl (C=O) groups is 2. The van der Waals surface area contributed by atoms with Gasteiger partial charge >= 0.3 is 0 Å². The maximum Gasteiger partial charge on any atom is 0.234 e. The van der Waals surface area contributed by atoms with Crippen LogP contribution in [0.4, 0.5) is 0 Å². The molecule has 1 fully saturated rings. The minimum Gasteiger partial charge on any atom is -0.493 e. The number of carbonyl (C=O) groups excluding carboxylic acids is 2. The lowest BCUT2D eigenvalue weighted by Gasteiger charge is -2.15. The van der Waals surface area contributed by atoms with E-state index in [9.17, 15) is 9.59 Å². The van der Waals surface area contributed by atoms with E-state index in [0.717, 1.165) is 18.5 Å². The van der Waals surface area contributed by atoms with Crippen molar-refractivity contribution in [2.75, 3.05) is 33.9 Å². The van der Waals surface area contributed by atoms with E-state index in [0.29, 0.717) is 24.6 Å². The molecule has 1 atom stereocenters. The van der Waals surface area contributed by atoms with Gasteiger partial charge in [-0.15, -0.1) is 0 Å². The van der Waals surface area contributed by atoms with Crippen molar-refractivity contribution in [3.8, 4) is 11.5 Å². The number of nitrogens with zero attached hydrogens (tertiary/aromatic N) is 1. The maximum atomic E-state index is 12.0. The molecule has 23 heavy (non-hydrogen) atoms. The second kappa shape index (κ2) is 7.82. The van der Waals surface area contributed by atoms with Crippen molar-refractivity contribution in [1.29, 1.82) is 0 Å². The van der Waals surface area contributed by atoms with E-state index in [4.69, 9.17) is 15.2 Å². The molecule has 0 radical (unpaired) electrons. The topological polar surface area (TPSA) is 93.9 Å². The Morgan fingerprint density at radius 1 is 1.30 bits per heavy atom. The molecule has 3 N–H and O–H groups in total. The van der Waals surface area contributed by atoms with E-state index >= 15 is 0 Å². The van der Waals surface area contributed by atoms with Crippen LogP contribution >= 0.6 is 0 Å². The minimum absolute atomic E-state index is 0.0788. The smallest absolute Gasteiger partial charge is 0.234 e. The van der Waals surface area contributed by atoms with Crippen LogP contribution in [-0.2, 0) is 16.1 Å². The number of rotatable bonds is 7. The fourth-order valence-corrected chi connectivity index (χ4v) is 2.66. The van der Waals surface area contributed by atoms with Gasteiger partial charge in [-0.05, 0) is 30.7 Å². The molecule has 2 amide bonds. The van der Waals surface area contributed by atoms with Gasteiger partial charge in [-0.1, -0.05) is 6.07 Å². The van der Waals surface area contributed by atoms with E-state index in [1.54, 1.807) is 20.3 Å². The van der Waals surface area contributed by atoms with E-state index in [-0.39, 0.29) is 24.3 Å². The molecule has 0 aliphatic carbocycles. The highest BCUT2D eigenvalue weighted by atomic mass is 16.5. The van der Waals surface area contributed by atoms with Gasteiger partial charge < -0.3 is 20.5 Å². The fourth-order valence-electron chi connectivity index (χ4n) is 2.66. The van der Waals surface area contributed by atoms with Gasteiger partial charge in [0.2, 0.25) is 11.8 Å². The predicted octanol–water partition coefficient (Wildman–Crippen LogP) is 0.127. The van der Waals surface area contributed by atoms with Crippen molar-refractivity contribution < 1.29 is 19.1 Å². The summed E-state index contributed by atoms with van der Waals surface area (Å²) >= 11 is 0. The fraction of sp³-hybridized carbons (Fsp3) is 0.500. The number of benzene rings is 1. The Bertz CT molecular complexity index is 576. The lowest BCUT2D eigenvalue weighted by molar-refractivity contribution is -0.123. The largest absolute Gasteiger partial charge is 0.493 e. The van der Waals surface area contributed by atoms with Crippen LogP contribution in [0.5, 0.6) is 11.5 Å². The Morgan fingerprint density at radius 3 is 2.65 bits per heavy atom. The van der Waals surface area contributed by atoms with Crippen molar-refractivity contribution >= 4 is 11.8 Å². The van der Waals surface area contributed by atoms with Crippen molar-refractivity contribution in [2.24, 2.45) is 11.7 Å². The van der Waals surface area contributed by atoms with Crippen molar-refractivity contribution in [2.45, 2.75) is 13.0 Å². The van der Waals surface area contributed by atoms with E-state index in [1.807, 2.05) is 17.0 Å². The average molecular weight is 321 g/mol. The first-order valence-corrected chi connectivity index (χ1v) is 7.52. The van der Waals surface area contributed by atoms with Gasteiger partial charge in [0.1, 0.15) is 0 Å². The highest BCUT2D eigenvalue weighted by Crippen LogP contribution is 2.27. The highest BCUT2D eigenvalue weighted by Gasteiger charge is 2.27. The average Bonchev–Trinajstić information content (AvgIpc) is 3.01. The molecule has 126 valence electrons. The van der Waals surface area contributed by atoms with Crippen LogP contribution in [0.15, 0.2) is 18.2 Å². The summed E-state index contributed by atoms with van der Waals surface area (Å²) in [5.74, 6) is 0.761. The summed E-state index contributed by atoms with van der Waals surface area (Å²) in [5, 5.41) is 2.87. The second-order valence-corrected chi connectivity index (χ2v) is 5.59. The molecule has 1 aromatic rings. The lowest BCUT2D eigenvalue weighted by atomic mass is 10.1. The minimum atomic E-state index is -0.293. The Morgan fingerprint density at radius 2 is 2.04 bits per heavy atom. The van der Waals surface area contributed by atoms with Crippen LogP contribution in [-0.4, -0.2) is 50.6 Å². The molecule has 1 saturated heterocycles. The molecule has 0 spiro atoms. The molecule has 7 heteroatoms. The number of ether oxygens (including phenoxy) is 2. The van der Waals surface area contributed by atoms with Gasteiger partial charge in [-0.3, -0.25) is 14.5 Å². The third-order valence-corrected chi connectivity index (χ3v) is 3.98. The number of primary amides is 1. The number of nitrogens with two attached hydrogens (primary N) is 1. The van der Waals surface area contributed by atoms with Crippen LogP contribution < -0.4 is 20.5 Å². The SMILES string of the molecule is COc1ccc(CNC(=O)CN2CCC(C(N)=O)C2)cc1OC. The summed E-state index contributed by atoms with van der Waals surface area (Å²) in [6.07, 6.45) is 0.721. The van der Waals surface area contributed by atoms with Gasteiger partial charge in [0, 0.05) is 13.1 Å². The molecule has 0 saturated carbocycles. The first kappa shape index (κ1) is 17.1. The first-order chi connectivity index (χ1) is 11.0. The lowest BCUT2D eigenvalue weighted by Crippen LogP contribution is -2.36. The van der Waals surface area contributed by atoms with Gasteiger partial charge in [0.15, 0.2) is 11.5 Å². The Labute approximate surface area is 135 Å². The number of methoxy groups -OCH3 is 2. The van der Waals surface area contributed by atoms with E-state index in [1.165, 1.54) is 0 Å². The first-order valence-electron chi connectivity index (χ1n) is 7.52. The molecule has 1 aromatic carbocycles. The van der Waals surface area contributed by atoms with Crippen LogP contribution in [0.1, 0.15) is 12.0 Å². The zero-order valence-electron chi connectivity index (χ0n) is 13.5. The molecular formula is C16H23N3O4. The molecule has 0 bridgehead atoms. The summed E-state index contributed by atoms with van der Waals surface area (Å²) < 4.78 is 10.4. The molecular weight excluding hydrogens is 298 g/mol. The maximum absolute atomic E-state index is 12.0. The second-order valence-electron chi connectivity index (χ2n) is 5.59. The number of hydrogen-bond donors (Lipinski definition) is 2. The van der Waals surface area contributed by atoms with Crippen LogP contribution in [0, 0.1) is 5.92 Å². The van der Waals surface area contributed by atoms with Crippen molar-refractivity contribution in [3.63, 3.8) is 0 Å². The molecule has 1 aliphatic heterocycles. The van der Waals surface area contributed by atoms with E-state index in [2.05, 4.69) is 5.32 Å². The highest BCUT2D eigenvalue weighted by molar-refractivity contribution is 5.79. The summed E-state index contributed by atoms with van der Waals surface area (Å²) in [4.78, 5) is 25.1. The molecule has 1 unspecified atom stereocenters. The normalized spacial score (nSPS) is 17.7. The summed E-state index contributed by atoms with van der Waals surface area (Å²) in [7, 11) is 3.15. The third kappa shape index (κ3) is 4.59.